The van der Waals surface area contributed by atoms with Crippen molar-refractivity contribution in [2.75, 3.05) is 32.8 Å². The Labute approximate surface area is 125 Å². The van der Waals surface area contributed by atoms with Crippen molar-refractivity contribution in [1.29, 1.82) is 0 Å². The number of ether oxygens (including phenoxy) is 1. The molecule has 2 amide bonds. The van der Waals surface area contributed by atoms with E-state index in [1.165, 1.54) is 0 Å². The maximum Gasteiger partial charge on any atom is 0.253 e. The van der Waals surface area contributed by atoms with Gasteiger partial charge < -0.3 is 14.5 Å². The second-order valence-electron chi connectivity index (χ2n) is 5.21. The van der Waals surface area contributed by atoms with Gasteiger partial charge in [-0.05, 0) is 37.6 Å². The van der Waals surface area contributed by atoms with Gasteiger partial charge in [0.15, 0.2) is 0 Å². The van der Waals surface area contributed by atoms with Crippen molar-refractivity contribution in [3.63, 3.8) is 0 Å². The average molecular weight is 290 g/mol. The number of hydrogen-bond donors (Lipinski definition) is 0. The van der Waals surface area contributed by atoms with Gasteiger partial charge in [-0.1, -0.05) is 0 Å². The molecule has 0 aliphatic carbocycles. The number of hydrogen-bond acceptors (Lipinski definition) is 3. The van der Waals surface area contributed by atoms with E-state index in [2.05, 4.69) is 0 Å². The lowest BCUT2D eigenvalue weighted by atomic mass is 10.1. The molecule has 1 aromatic carbocycles. The van der Waals surface area contributed by atoms with Gasteiger partial charge >= 0.3 is 0 Å². The Morgan fingerprint density at radius 3 is 2.29 bits per heavy atom. The Hall–Kier alpha value is -2.04. The highest BCUT2D eigenvalue weighted by Gasteiger charge is 2.23. The van der Waals surface area contributed by atoms with Gasteiger partial charge in [-0.15, -0.1) is 0 Å². The Morgan fingerprint density at radius 2 is 1.76 bits per heavy atom. The van der Waals surface area contributed by atoms with Crippen LogP contribution in [0.5, 0.6) is 5.75 Å². The lowest BCUT2D eigenvalue weighted by Crippen LogP contribution is -2.50. The first-order valence-corrected chi connectivity index (χ1v) is 7.31. The zero-order valence-electron chi connectivity index (χ0n) is 12.9. The number of carbonyl (C=O) groups excluding carboxylic acids is 2. The Kier molecular flexibility index (Phi) is 4.83. The minimum atomic E-state index is 0.0179. The monoisotopic (exact) mass is 290 g/mol. The van der Waals surface area contributed by atoms with Gasteiger partial charge in [0.25, 0.3) is 5.91 Å². The van der Waals surface area contributed by atoms with Gasteiger partial charge in [0.1, 0.15) is 5.75 Å². The van der Waals surface area contributed by atoms with Crippen molar-refractivity contribution in [2.45, 2.75) is 20.8 Å². The quantitative estimate of drug-likeness (QED) is 0.851. The average Bonchev–Trinajstić information content (AvgIpc) is 2.49. The number of benzene rings is 1. The predicted molar refractivity (Wildman–Crippen MR) is 80.5 cm³/mol. The summed E-state index contributed by atoms with van der Waals surface area (Å²) < 4.78 is 5.49. The van der Waals surface area contributed by atoms with Crippen LogP contribution in [0.25, 0.3) is 0 Å². The summed E-state index contributed by atoms with van der Waals surface area (Å²) in [6.07, 6.45) is 0. The summed E-state index contributed by atoms with van der Waals surface area (Å²) in [5.74, 6) is 0.902. The van der Waals surface area contributed by atoms with Gasteiger partial charge in [0.05, 0.1) is 6.61 Å². The highest BCUT2D eigenvalue weighted by atomic mass is 16.5. The zero-order valence-corrected chi connectivity index (χ0v) is 12.9. The van der Waals surface area contributed by atoms with Crippen LogP contribution >= 0.6 is 0 Å². The van der Waals surface area contributed by atoms with Crippen LogP contribution in [0.3, 0.4) is 0 Å². The largest absolute Gasteiger partial charge is 0.494 e. The Morgan fingerprint density at radius 1 is 1.14 bits per heavy atom. The zero-order chi connectivity index (χ0) is 15.4. The number of carbonyl (C=O) groups is 2. The van der Waals surface area contributed by atoms with Crippen LogP contribution in [0.2, 0.25) is 0 Å². The fraction of sp³-hybridized carbons (Fsp3) is 0.500. The highest BCUT2D eigenvalue weighted by molar-refractivity contribution is 5.94. The highest BCUT2D eigenvalue weighted by Crippen LogP contribution is 2.20. The maximum atomic E-state index is 12.5. The van der Waals surface area contributed by atoms with E-state index in [0.717, 1.165) is 11.3 Å². The summed E-state index contributed by atoms with van der Waals surface area (Å²) in [7, 11) is 0. The molecule has 0 bridgehead atoms. The van der Waals surface area contributed by atoms with Gasteiger partial charge in [-0.25, -0.2) is 0 Å². The van der Waals surface area contributed by atoms with E-state index in [9.17, 15) is 9.59 Å². The van der Waals surface area contributed by atoms with Crippen LogP contribution in [0.1, 0.15) is 29.8 Å². The van der Waals surface area contributed by atoms with Gasteiger partial charge in [0.2, 0.25) is 5.91 Å². The number of rotatable bonds is 3. The van der Waals surface area contributed by atoms with Gasteiger partial charge in [0, 0.05) is 38.7 Å². The summed E-state index contributed by atoms with van der Waals surface area (Å²) in [6, 6.07) is 5.51. The Bertz CT molecular complexity index is 534. The van der Waals surface area contributed by atoms with E-state index in [1.54, 1.807) is 22.8 Å². The molecule has 2 rings (SSSR count). The number of amides is 2. The third kappa shape index (κ3) is 3.54. The van der Waals surface area contributed by atoms with Gasteiger partial charge in [-0.3, -0.25) is 9.59 Å². The van der Waals surface area contributed by atoms with Crippen LogP contribution in [0.4, 0.5) is 0 Å². The molecule has 5 nitrogen and oxygen atoms in total. The van der Waals surface area contributed by atoms with Crippen molar-refractivity contribution in [3.05, 3.63) is 29.3 Å². The molecule has 1 saturated heterocycles. The molecule has 1 heterocycles. The topological polar surface area (TPSA) is 49.9 Å². The normalized spacial score (nSPS) is 15.0. The first kappa shape index (κ1) is 15.4. The molecule has 21 heavy (non-hydrogen) atoms. The minimum Gasteiger partial charge on any atom is -0.494 e. The third-order valence-electron chi connectivity index (χ3n) is 3.73. The number of nitrogens with zero attached hydrogens (tertiary/aromatic N) is 2. The van der Waals surface area contributed by atoms with Crippen molar-refractivity contribution >= 4 is 11.8 Å². The van der Waals surface area contributed by atoms with Crippen molar-refractivity contribution in [2.24, 2.45) is 0 Å². The standard InChI is InChI=1S/C16H22N2O3/c1-4-21-15-6-5-14(11-12(15)2)16(20)18-9-7-17(8-10-18)13(3)19/h5-6,11H,4,7-10H2,1-3H3. The first-order valence-electron chi connectivity index (χ1n) is 7.31. The molecule has 1 aliphatic rings. The van der Waals surface area contributed by atoms with E-state index < -0.39 is 0 Å². The fourth-order valence-corrected chi connectivity index (χ4v) is 2.51. The molecule has 0 radical (unpaired) electrons. The lowest BCUT2D eigenvalue weighted by Gasteiger charge is -2.34. The summed E-state index contributed by atoms with van der Waals surface area (Å²) in [5, 5.41) is 0. The van der Waals surface area contributed by atoms with Crippen LogP contribution in [-0.4, -0.2) is 54.4 Å². The molecule has 1 fully saturated rings. The third-order valence-corrected chi connectivity index (χ3v) is 3.73. The first-order chi connectivity index (χ1) is 10.0. The van der Waals surface area contributed by atoms with Gasteiger partial charge in [-0.2, -0.15) is 0 Å². The lowest BCUT2D eigenvalue weighted by molar-refractivity contribution is -0.130. The molecule has 0 spiro atoms. The van der Waals surface area contributed by atoms with E-state index in [0.29, 0.717) is 38.3 Å². The van der Waals surface area contributed by atoms with E-state index in [4.69, 9.17) is 4.74 Å². The maximum absolute atomic E-state index is 12.5. The molecule has 0 unspecified atom stereocenters. The molecule has 1 aromatic rings. The Balaban J connectivity index is 2.04. The predicted octanol–water partition coefficient (Wildman–Crippen LogP) is 1.70. The van der Waals surface area contributed by atoms with Crippen LogP contribution in [-0.2, 0) is 4.79 Å². The van der Waals surface area contributed by atoms with E-state index in [1.807, 2.05) is 26.0 Å². The van der Waals surface area contributed by atoms with E-state index >= 15 is 0 Å². The fourth-order valence-electron chi connectivity index (χ4n) is 2.51. The second-order valence-corrected chi connectivity index (χ2v) is 5.21. The summed E-state index contributed by atoms with van der Waals surface area (Å²) in [5.41, 5.74) is 1.64. The van der Waals surface area contributed by atoms with Crippen molar-refractivity contribution in [1.82, 2.24) is 9.80 Å². The van der Waals surface area contributed by atoms with Crippen LogP contribution < -0.4 is 4.74 Å². The molecule has 1 aliphatic heterocycles. The number of aryl methyl sites for hydroxylation is 1. The summed E-state index contributed by atoms with van der Waals surface area (Å²) in [4.78, 5) is 27.3. The minimum absolute atomic E-state index is 0.0179. The molecule has 0 N–H and O–H groups in total. The molecular formula is C16H22N2O3. The molecule has 0 aromatic heterocycles. The summed E-state index contributed by atoms with van der Waals surface area (Å²) >= 11 is 0. The SMILES string of the molecule is CCOc1ccc(C(=O)N2CCN(C(C)=O)CC2)cc1C. The van der Waals surface area contributed by atoms with Crippen molar-refractivity contribution < 1.29 is 14.3 Å². The smallest absolute Gasteiger partial charge is 0.253 e. The number of piperazine rings is 1. The molecule has 5 heteroatoms. The van der Waals surface area contributed by atoms with E-state index in [-0.39, 0.29) is 11.8 Å². The van der Waals surface area contributed by atoms with Crippen LogP contribution in [0.15, 0.2) is 18.2 Å². The summed E-state index contributed by atoms with van der Waals surface area (Å²) in [6.45, 7) is 8.44. The second kappa shape index (κ2) is 6.61. The van der Waals surface area contributed by atoms with Crippen LogP contribution in [0, 0.1) is 6.92 Å². The van der Waals surface area contributed by atoms with Crippen molar-refractivity contribution in [3.8, 4) is 5.75 Å². The molecule has 0 atom stereocenters. The molecule has 0 saturated carbocycles. The molecule has 114 valence electrons. The molecular weight excluding hydrogens is 268 g/mol.